The van der Waals surface area contributed by atoms with Gasteiger partial charge in [0, 0.05) is 31.6 Å². The number of aromatic nitrogens is 2. The van der Waals surface area contributed by atoms with Crippen molar-refractivity contribution in [1.29, 1.82) is 5.26 Å². The van der Waals surface area contributed by atoms with Gasteiger partial charge in [-0.3, -0.25) is 4.79 Å². The molecule has 8 nitrogen and oxygen atoms in total. The number of ether oxygens (including phenoxy) is 1. The van der Waals surface area contributed by atoms with E-state index in [9.17, 15) is 4.79 Å². The fourth-order valence-corrected chi connectivity index (χ4v) is 4.87. The molecular formula is C27H26N6O2. The maximum Gasteiger partial charge on any atom is 0.263 e. The molecule has 1 amide bonds. The third kappa shape index (κ3) is 4.41. The molecule has 0 aliphatic carbocycles. The summed E-state index contributed by atoms with van der Waals surface area (Å²) >= 11 is 0. The molecule has 176 valence electrons. The van der Waals surface area contributed by atoms with E-state index in [0.29, 0.717) is 18.9 Å². The summed E-state index contributed by atoms with van der Waals surface area (Å²) in [6, 6.07) is 19.3. The van der Waals surface area contributed by atoms with Gasteiger partial charge in [0.15, 0.2) is 0 Å². The Morgan fingerprint density at radius 2 is 1.69 bits per heavy atom. The Hall–Kier alpha value is -4.38. The minimum Gasteiger partial charge on any atom is -0.457 e. The van der Waals surface area contributed by atoms with Crippen molar-refractivity contribution in [2.24, 2.45) is 5.41 Å². The van der Waals surface area contributed by atoms with Crippen LogP contribution in [-0.4, -0.2) is 47.0 Å². The van der Waals surface area contributed by atoms with Gasteiger partial charge in [-0.05, 0) is 42.7 Å². The van der Waals surface area contributed by atoms with Crippen LogP contribution in [0.5, 0.6) is 11.5 Å². The molecule has 8 heteroatoms. The zero-order valence-electron chi connectivity index (χ0n) is 19.4. The number of nitrogen functional groups attached to an aromatic ring is 1. The predicted octanol–water partition coefficient (Wildman–Crippen LogP) is 4.03. The number of nitrogens with two attached hydrogens (primary N) is 1. The van der Waals surface area contributed by atoms with E-state index < -0.39 is 0 Å². The topological polar surface area (TPSA) is 108 Å². The SMILES string of the molecule is C=C(C#N)C(=O)N1CCC2(CC1)CN(c1ncnc(N)c1-c1ccc(Oc3ccccc3)cc1)C2. The zero-order chi connectivity index (χ0) is 24.4. The minimum absolute atomic E-state index is 0.00234. The molecular weight excluding hydrogens is 440 g/mol. The van der Waals surface area contributed by atoms with Gasteiger partial charge in [-0.25, -0.2) is 9.97 Å². The molecule has 3 heterocycles. The van der Waals surface area contributed by atoms with Crippen LogP contribution in [-0.2, 0) is 4.79 Å². The van der Waals surface area contributed by atoms with Crippen LogP contribution in [0.25, 0.3) is 11.1 Å². The summed E-state index contributed by atoms with van der Waals surface area (Å²) < 4.78 is 5.91. The van der Waals surface area contributed by atoms with E-state index in [2.05, 4.69) is 21.4 Å². The number of rotatable bonds is 5. The average molecular weight is 467 g/mol. The number of piperidine rings is 1. The van der Waals surface area contributed by atoms with Crippen LogP contribution in [0.1, 0.15) is 12.8 Å². The first kappa shape index (κ1) is 22.4. The first-order valence-electron chi connectivity index (χ1n) is 11.6. The number of carbonyl (C=O) groups excluding carboxylic acids is 1. The molecule has 0 unspecified atom stereocenters. The Morgan fingerprint density at radius 1 is 1.03 bits per heavy atom. The predicted molar refractivity (Wildman–Crippen MR) is 134 cm³/mol. The van der Waals surface area contributed by atoms with Gasteiger partial charge in [0.05, 0.1) is 5.56 Å². The highest BCUT2D eigenvalue weighted by Gasteiger charge is 2.46. The van der Waals surface area contributed by atoms with Crippen LogP contribution in [0, 0.1) is 16.7 Å². The highest BCUT2D eigenvalue weighted by Crippen LogP contribution is 2.45. The van der Waals surface area contributed by atoms with Crippen molar-refractivity contribution in [2.75, 3.05) is 36.8 Å². The van der Waals surface area contributed by atoms with E-state index in [4.69, 9.17) is 15.7 Å². The Labute approximate surface area is 204 Å². The molecule has 0 bridgehead atoms. The molecule has 2 N–H and O–H groups in total. The molecule has 1 aromatic heterocycles. The van der Waals surface area contributed by atoms with Gasteiger partial charge in [-0.1, -0.05) is 36.9 Å². The summed E-state index contributed by atoms with van der Waals surface area (Å²) in [6.07, 6.45) is 3.27. The van der Waals surface area contributed by atoms with Crippen molar-refractivity contribution in [1.82, 2.24) is 14.9 Å². The van der Waals surface area contributed by atoms with Crippen LogP contribution in [0.4, 0.5) is 11.6 Å². The molecule has 0 saturated carbocycles. The summed E-state index contributed by atoms with van der Waals surface area (Å²) in [4.78, 5) is 25.0. The van der Waals surface area contributed by atoms with Crippen molar-refractivity contribution in [3.05, 3.63) is 73.1 Å². The molecule has 2 aliphatic heterocycles. The number of nitrogens with zero attached hydrogens (tertiary/aromatic N) is 5. The maximum atomic E-state index is 12.3. The number of amides is 1. The number of hydrogen-bond donors (Lipinski definition) is 1. The fraction of sp³-hybridized carbons (Fsp3) is 0.259. The van der Waals surface area contributed by atoms with Crippen LogP contribution >= 0.6 is 0 Å². The van der Waals surface area contributed by atoms with Crippen molar-refractivity contribution < 1.29 is 9.53 Å². The summed E-state index contributed by atoms with van der Waals surface area (Å²) in [5, 5.41) is 8.95. The molecule has 2 fully saturated rings. The summed E-state index contributed by atoms with van der Waals surface area (Å²) in [5.41, 5.74) is 8.18. The second kappa shape index (κ2) is 9.11. The third-order valence-electron chi connectivity index (χ3n) is 6.83. The molecule has 2 aliphatic rings. The lowest BCUT2D eigenvalue weighted by Gasteiger charge is -2.54. The molecule has 0 atom stereocenters. The monoisotopic (exact) mass is 466 g/mol. The number of benzene rings is 2. The average Bonchev–Trinajstić information content (AvgIpc) is 2.87. The molecule has 1 spiro atoms. The van der Waals surface area contributed by atoms with Gasteiger partial charge in [0.1, 0.15) is 41.1 Å². The first-order valence-corrected chi connectivity index (χ1v) is 11.6. The van der Waals surface area contributed by atoms with Gasteiger partial charge in [-0.2, -0.15) is 5.26 Å². The standard InChI is InChI=1S/C27H26N6O2/c1-19(15-28)26(34)32-13-11-27(12-14-32)16-33(17-27)25-23(24(29)30-18-31-25)20-7-9-22(10-8-20)35-21-5-3-2-4-6-21/h2-10,18H,1,11-14,16-17H2,(H2,29,30,31). The quantitative estimate of drug-likeness (QED) is 0.447. The molecule has 5 rings (SSSR count). The lowest BCUT2D eigenvalue weighted by atomic mass is 9.71. The maximum absolute atomic E-state index is 12.3. The Morgan fingerprint density at radius 3 is 2.34 bits per heavy atom. The molecule has 2 saturated heterocycles. The van der Waals surface area contributed by atoms with Gasteiger partial charge < -0.3 is 20.3 Å². The normalized spacial score (nSPS) is 16.3. The van der Waals surface area contributed by atoms with E-state index in [1.54, 1.807) is 4.90 Å². The van der Waals surface area contributed by atoms with Crippen LogP contribution in [0.2, 0.25) is 0 Å². The lowest BCUT2D eigenvalue weighted by molar-refractivity contribution is -0.129. The number of nitriles is 1. The summed E-state index contributed by atoms with van der Waals surface area (Å²) in [5.74, 6) is 2.50. The highest BCUT2D eigenvalue weighted by atomic mass is 16.5. The number of hydrogen-bond acceptors (Lipinski definition) is 7. The van der Waals surface area contributed by atoms with Crippen molar-refractivity contribution in [3.8, 4) is 28.7 Å². The molecule has 3 aromatic rings. The van der Waals surface area contributed by atoms with E-state index >= 15 is 0 Å². The summed E-state index contributed by atoms with van der Waals surface area (Å²) in [6.45, 7) is 6.50. The Kier molecular flexibility index (Phi) is 5.83. The van der Waals surface area contributed by atoms with Crippen LogP contribution in [0.3, 0.4) is 0 Å². The van der Waals surface area contributed by atoms with Crippen molar-refractivity contribution in [3.63, 3.8) is 0 Å². The minimum atomic E-state index is -0.260. The largest absolute Gasteiger partial charge is 0.457 e. The number of anilines is 2. The van der Waals surface area contributed by atoms with Gasteiger partial charge >= 0.3 is 0 Å². The molecule has 2 aromatic carbocycles. The van der Waals surface area contributed by atoms with Gasteiger partial charge in [0.2, 0.25) is 0 Å². The van der Waals surface area contributed by atoms with Crippen LogP contribution < -0.4 is 15.4 Å². The third-order valence-corrected chi connectivity index (χ3v) is 6.83. The van der Waals surface area contributed by atoms with Crippen molar-refractivity contribution in [2.45, 2.75) is 12.8 Å². The zero-order valence-corrected chi connectivity index (χ0v) is 19.4. The van der Waals surface area contributed by atoms with E-state index in [1.165, 1.54) is 6.33 Å². The Bertz CT molecular complexity index is 1280. The number of likely N-dealkylation sites (tertiary alicyclic amines) is 1. The number of para-hydroxylation sites is 1. The molecule has 35 heavy (non-hydrogen) atoms. The smallest absolute Gasteiger partial charge is 0.263 e. The number of carbonyl (C=O) groups is 1. The van der Waals surface area contributed by atoms with Gasteiger partial charge in [-0.15, -0.1) is 0 Å². The second-order valence-electron chi connectivity index (χ2n) is 9.14. The van der Waals surface area contributed by atoms with Crippen molar-refractivity contribution >= 4 is 17.5 Å². The van der Waals surface area contributed by atoms with E-state index in [-0.39, 0.29) is 16.9 Å². The molecule has 0 radical (unpaired) electrons. The van der Waals surface area contributed by atoms with Crippen LogP contribution in [0.15, 0.2) is 73.1 Å². The first-order chi connectivity index (χ1) is 17.0. The van der Waals surface area contributed by atoms with E-state index in [1.807, 2.05) is 60.7 Å². The highest BCUT2D eigenvalue weighted by molar-refractivity contribution is 5.96. The van der Waals surface area contributed by atoms with Gasteiger partial charge in [0.25, 0.3) is 5.91 Å². The lowest BCUT2D eigenvalue weighted by Crippen LogP contribution is -2.61. The fourth-order valence-electron chi connectivity index (χ4n) is 4.87. The second-order valence-corrected chi connectivity index (χ2v) is 9.14. The van der Waals surface area contributed by atoms with E-state index in [0.717, 1.165) is 54.4 Å². The summed E-state index contributed by atoms with van der Waals surface area (Å²) in [7, 11) is 0. The Balaban J connectivity index is 1.29.